The molecule has 2 rings (SSSR count). The third kappa shape index (κ3) is 3.20. The predicted molar refractivity (Wildman–Crippen MR) is 86.2 cm³/mol. The molecule has 0 heterocycles. The second-order valence-electron chi connectivity index (χ2n) is 4.72. The van der Waals surface area contributed by atoms with E-state index < -0.39 is 0 Å². The summed E-state index contributed by atoms with van der Waals surface area (Å²) >= 11 is 0. The van der Waals surface area contributed by atoms with E-state index in [1.54, 1.807) is 14.2 Å². The molecule has 0 spiro atoms. The van der Waals surface area contributed by atoms with Gasteiger partial charge in [0, 0.05) is 11.1 Å². The lowest BCUT2D eigenvalue weighted by molar-refractivity contribution is 0.319. The monoisotopic (exact) mass is 300 g/mol. The Bertz CT molecular complexity index is 654. The first-order chi connectivity index (χ1) is 10.7. The van der Waals surface area contributed by atoms with E-state index in [1.165, 1.54) is 0 Å². The molecule has 0 radical (unpaired) electrons. The van der Waals surface area contributed by atoms with Crippen LogP contribution in [0.4, 0.5) is 0 Å². The van der Waals surface area contributed by atoms with Crippen LogP contribution in [0.5, 0.6) is 11.5 Å². The summed E-state index contributed by atoms with van der Waals surface area (Å²) < 4.78 is 10.7. The van der Waals surface area contributed by atoms with Crippen molar-refractivity contribution in [3.05, 3.63) is 59.2 Å². The SMILES string of the molecule is COc1cc(CCN)c(/C(=N\O)c2ccccc2)cc1OC. The van der Waals surface area contributed by atoms with Gasteiger partial charge in [-0.3, -0.25) is 0 Å². The van der Waals surface area contributed by atoms with Crippen molar-refractivity contribution in [3.8, 4) is 11.5 Å². The fourth-order valence-electron chi connectivity index (χ4n) is 2.37. The van der Waals surface area contributed by atoms with Gasteiger partial charge in [0.1, 0.15) is 5.71 Å². The molecule has 0 aliphatic rings. The van der Waals surface area contributed by atoms with Crippen LogP contribution in [0, 0.1) is 0 Å². The molecule has 0 amide bonds. The Kier molecular flexibility index (Phi) is 5.38. The van der Waals surface area contributed by atoms with Crippen LogP contribution in [0.2, 0.25) is 0 Å². The van der Waals surface area contributed by atoms with E-state index in [4.69, 9.17) is 15.2 Å². The molecule has 0 saturated heterocycles. The molecule has 116 valence electrons. The molecular formula is C17H20N2O3. The van der Waals surface area contributed by atoms with Gasteiger partial charge < -0.3 is 20.4 Å². The van der Waals surface area contributed by atoms with E-state index in [1.807, 2.05) is 42.5 Å². The molecule has 5 heteroatoms. The number of nitrogens with two attached hydrogens (primary N) is 1. The summed E-state index contributed by atoms with van der Waals surface area (Å²) in [7, 11) is 3.16. The molecule has 5 nitrogen and oxygen atoms in total. The molecule has 2 aromatic carbocycles. The molecule has 0 unspecified atom stereocenters. The summed E-state index contributed by atoms with van der Waals surface area (Å²) in [5.74, 6) is 1.20. The van der Waals surface area contributed by atoms with E-state index in [0.29, 0.717) is 30.2 Å². The minimum absolute atomic E-state index is 0.477. The standard InChI is InChI=1S/C17H20N2O3/c1-21-15-10-13(8-9-18)14(11-16(15)22-2)17(19-20)12-6-4-3-5-7-12/h3-7,10-11,20H,8-9,18H2,1-2H3/b19-17-. The van der Waals surface area contributed by atoms with Crippen molar-refractivity contribution >= 4 is 5.71 Å². The maximum Gasteiger partial charge on any atom is 0.161 e. The number of oxime groups is 1. The van der Waals surface area contributed by atoms with Gasteiger partial charge >= 0.3 is 0 Å². The van der Waals surface area contributed by atoms with Gasteiger partial charge in [-0.2, -0.15) is 0 Å². The van der Waals surface area contributed by atoms with Gasteiger partial charge in [-0.05, 0) is 30.7 Å². The Labute approximate surface area is 130 Å². The minimum Gasteiger partial charge on any atom is -0.493 e. The van der Waals surface area contributed by atoms with Crippen molar-refractivity contribution in [2.45, 2.75) is 6.42 Å². The first-order valence-electron chi connectivity index (χ1n) is 6.98. The van der Waals surface area contributed by atoms with E-state index in [0.717, 1.165) is 16.7 Å². The number of hydrogen-bond acceptors (Lipinski definition) is 5. The molecule has 0 aromatic heterocycles. The van der Waals surface area contributed by atoms with Crippen LogP contribution in [0.3, 0.4) is 0 Å². The predicted octanol–water partition coefficient (Wildman–Crippen LogP) is 2.43. The largest absolute Gasteiger partial charge is 0.493 e. The van der Waals surface area contributed by atoms with Crippen molar-refractivity contribution in [3.63, 3.8) is 0 Å². The summed E-state index contributed by atoms with van der Waals surface area (Å²) in [4.78, 5) is 0. The van der Waals surface area contributed by atoms with Crippen LogP contribution < -0.4 is 15.2 Å². The quantitative estimate of drug-likeness (QED) is 0.488. The summed E-state index contributed by atoms with van der Waals surface area (Å²) in [5, 5.41) is 13.0. The zero-order valence-corrected chi connectivity index (χ0v) is 12.7. The first-order valence-corrected chi connectivity index (χ1v) is 6.98. The van der Waals surface area contributed by atoms with Crippen molar-refractivity contribution < 1.29 is 14.7 Å². The van der Waals surface area contributed by atoms with Gasteiger partial charge in [0.15, 0.2) is 11.5 Å². The summed E-state index contributed by atoms with van der Waals surface area (Å²) in [6.45, 7) is 0.482. The van der Waals surface area contributed by atoms with Crippen LogP contribution in [0.25, 0.3) is 0 Å². The maximum atomic E-state index is 9.50. The molecule has 0 saturated carbocycles. The van der Waals surface area contributed by atoms with E-state index in [-0.39, 0.29) is 0 Å². The Balaban J connectivity index is 2.61. The number of benzene rings is 2. The number of nitrogens with zero attached hydrogens (tertiary/aromatic N) is 1. The molecule has 0 aliphatic heterocycles. The van der Waals surface area contributed by atoms with Crippen molar-refractivity contribution in [2.75, 3.05) is 20.8 Å². The highest BCUT2D eigenvalue weighted by Gasteiger charge is 2.17. The molecule has 22 heavy (non-hydrogen) atoms. The lowest BCUT2D eigenvalue weighted by Crippen LogP contribution is -2.12. The molecule has 0 bridgehead atoms. The van der Waals surface area contributed by atoms with Crippen LogP contribution >= 0.6 is 0 Å². The summed E-state index contributed by atoms with van der Waals surface area (Å²) in [6, 6.07) is 13.2. The first kappa shape index (κ1) is 15.9. The number of hydrogen-bond donors (Lipinski definition) is 2. The summed E-state index contributed by atoms with van der Waals surface area (Å²) in [5.41, 5.74) is 8.71. The Hall–Kier alpha value is -2.53. The van der Waals surface area contributed by atoms with Crippen molar-refractivity contribution in [1.29, 1.82) is 0 Å². The zero-order chi connectivity index (χ0) is 15.9. The molecule has 0 aliphatic carbocycles. The van der Waals surface area contributed by atoms with Crippen LogP contribution in [0.15, 0.2) is 47.6 Å². The highest BCUT2D eigenvalue weighted by atomic mass is 16.5. The average molecular weight is 300 g/mol. The average Bonchev–Trinajstić information content (AvgIpc) is 2.57. The third-order valence-electron chi connectivity index (χ3n) is 3.43. The minimum atomic E-state index is 0.477. The smallest absolute Gasteiger partial charge is 0.161 e. The fraction of sp³-hybridized carbons (Fsp3) is 0.235. The number of ether oxygens (including phenoxy) is 2. The lowest BCUT2D eigenvalue weighted by Gasteiger charge is -2.15. The molecule has 0 atom stereocenters. The lowest BCUT2D eigenvalue weighted by atomic mass is 9.95. The summed E-state index contributed by atoms with van der Waals surface area (Å²) in [6.07, 6.45) is 0.640. The van der Waals surface area contributed by atoms with Gasteiger partial charge in [0.2, 0.25) is 0 Å². The normalized spacial score (nSPS) is 11.3. The van der Waals surface area contributed by atoms with Crippen molar-refractivity contribution in [2.24, 2.45) is 10.9 Å². The third-order valence-corrected chi connectivity index (χ3v) is 3.43. The van der Waals surface area contributed by atoms with Gasteiger partial charge in [0.25, 0.3) is 0 Å². The number of methoxy groups -OCH3 is 2. The van der Waals surface area contributed by atoms with Gasteiger partial charge in [-0.15, -0.1) is 0 Å². The highest BCUT2D eigenvalue weighted by molar-refractivity contribution is 6.13. The van der Waals surface area contributed by atoms with E-state index >= 15 is 0 Å². The molecule has 2 aromatic rings. The highest BCUT2D eigenvalue weighted by Crippen LogP contribution is 2.32. The van der Waals surface area contributed by atoms with Crippen LogP contribution in [-0.2, 0) is 6.42 Å². The molecular weight excluding hydrogens is 280 g/mol. The van der Waals surface area contributed by atoms with Gasteiger partial charge in [-0.25, -0.2) is 0 Å². The van der Waals surface area contributed by atoms with Gasteiger partial charge in [-0.1, -0.05) is 35.5 Å². The Morgan fingerprint density at radius 2 is 1.73 bits per heavy atom. The van der Waals surface area contributed by atoms with Crippen molar-refractivity contribution in [1.82, 2.24) is 0 Å². The topological polar surface area (TPSA) is 77.1 Å². The van der Waals surface area contributed by atoms with E-state index in [9.17, 15) is 5.21 Å². The second-order valence-corrected chi connectivity index (χ2v) is 4.72. The maximum absolute atomic E-state index is 9.50. The van der Waals surface area contributed by atoms with E-state index in [2.05, 4.69) is 5.16 Å². The van der Waals surface area contributed by atoms with Crippen LogP contribution in [-0.4, -0.2) is 31.7 Å². The number of rotatable bonds is 6. The van der Waals surface area contributed by atoms with Crippen LogP contribution in [0.1, 0.15) is 16.7 Å². The van der Waals surface area contributed by atoms with Gasteiger partial charge in [0.05, 0.1) is 14.2 Å². The second kappa shape index (κ2) is 7.47. The Morgan fingerprint density at radius 1 is 1.09 bits per heavy atom. The molecule has 3 N–H and O–H groups in total. The molecule has 0 fully saturated rings. The fourth-order valence-corrected chi connectivity index (χ4v) is 2.37. The zero-order valence-electron chi connectivity index (χ0n) is 12.7. The Morgan fingerprint density at radius 3 is 2.27 bits per heavy atom.